The number of carbonyl (C=O) groups is 1. The van der Waals surface area contributed by atoms with Crippen molar-refractivity contribution in [2.75, 3.05) is 0 Å². The van der Waals surface area contributed by atoms with Gasteiger partial charge in [0.1, 0.15) is 17.6 Å². The first-order chi connectivity index (χ1) is 9.93. The van der Waals surface area contributed by atoms with Crippen molar-refractivity contribution >= 4 is 29.0 Å². The molecule has 1 atom stereocenters. The number of halogens is 4. The summed E-state index contributed by atoms with van der Waals surface area (Å²) in [6, 6.07) is 8.59. The monoisotopic (exact) mass is 325 g/mol. The summed E-state index contributed by atoms with van der Waals surface area (Å²) in [5, 5.41) is 9.25. The molecule has 0 aliphatic rings. The number of hydrogen-bond donors (Lipinski definition) is 0. The Balaban J connectivity index is 2.46. The van der Waals surface area contributed by atoms with Crippen LogP contribution in [0, 0.1) is 23.0 Å². The second kappa shape index (κ2) is 6.21. The molecular formula is C15H7Cl2F2NO. The lowest BCUT2D eigenvalue weighted by atomic mass is 9.91. The molecule has 2 nitrogen and oxygen atoms in total. The summed E-state index contributed by atoms with van der Waals surface area (Å²) in [6.45, 7) is 0. The molecule has 0 aliphatic heterocycles. The normalized spacial score (nSPS) is 11.8. The quantitative estimate of drug-likeness (QED) is 0.763. The maximum absolute atomic E-state index is 13.8. The molecular weight excluding hydrogens is 319 g/mol. The van der Waals surface area contributed by atoms with E-state index in [1.807, 2.05) is 0 Å². The van der Waals surface area contributed by atoms with Crippen molar-refractivity contribution < 1.29 is 13.6 Å². The fourth-order valence-electron chi connectivity index (χ4n) is 1.85. The molecule has 0 aliphatic carbocycles. The SMILES string of the molecule is N#CC(C(=O)c1ccc(Cl)cc1F)c1ccc(F)cc1Cl. The minimum Gasteiger partial charge on any atom is -0.292 e. The van der Waals surface area contributed by atoms with Crippen LogP contribution in [0.25, 0.3) is 0 Å². The van der Waals surface area contributed by atoms with Gasteiger partial charge in [0.15, 0.2) is 5.78 Å². The summed E-state index contributed by atoms with van der Waals surface area (Å²) in [6.07, 6.45) is 0. The Morgan fingerprint density at radius 3 is 2.43 bits per heavy atom. The Bertz CT molecular complexity index is 756. The van der Waals surface area contributed by atoms with Gasteiger partial charge in [0, 0.05) is 10.0 Å². The minimum absolute atomic E-state index is 0.0655. The highest BCUT2D eigenvalue weighted by atomic mass is 35.5. The average molecular weight is 326 g/mol. The predicted octanol–water partition coefficient (Wildman–Crippen LogP) is 4.76. The fraction of sp³-hybridized carbons (Fsp3) is 0.0667. The van der Waals surface area contributed by atoms with E-state index in [2.05, 4.69) is 0 Å². The molecule has 0 saturated heterocycles. The molecule has 0 spiro atoms. The predicted molar refractivity (Wildman–Crippen MR) is 75.5 cm³/mol. The van der Waals surface area contributed by atoms with Crippen LogP contribution in [-0.4, -0.2) is 5.78 Å². The van der Waals surface area contributed by atoms with Crippen molar-refractivity contribution in [1.82, 2.24) is 0 Å². The van der Waals surface area contributed by atoms with Gasteiger partial charge in [-0.2, -0.15) is 5.26 Å². The first-order valence-corrected chi connectivity index (χ1v) is 6.53. The molecule has 0 amide bonds. The molecule has 0 radical (unpaired) electrons. The number of rotatable bonds is 3. The van der Waals surface area contributed by atoms with E-state index in [0.29, 0.717) is 0 Å². The topological polar surface area (TPSA) is 40.9 Å². The maximum atomic E-state index is 13.8. The van der Waals surface area contributed by atoms with Crippen LogP contribution >= 0.6 is 23.2 Å². The third-order valence-electron chi connectivity index (χ3n) is 2.86. The van der Waals surface area contributed by atoms with Crippen molar-refractivity contribution in [1.29, 1.82) is 5.26 Å². The van der Waals surface area contributed by atoms with Crippen molar-refractivity contribution in [2.45, 2.75) is 5.92 Å². The molecule has 0 fully saturated rings. The van der Waals surface area contributed by atoms with E-state index in [4.69, 9.17) is 23.2 Å². The standard InChI is InChI=1S/C15H7Cl2F2NO/c16-8-1-3-11(14(19)5-8)15(21)12(7-20)10-4-2-9(18)6-13(10)17/h1-6,12H. The van der Waals surface area contributed by atoms with Gasteiger partial charge in [-0.05, 0) is 35.9 Å². The van der Waals surface area contributed by atoms with Crippen LogP contribution in [0.3, 0.4) is 0 Å². The molecule has 2 rings (SSSR count). The summed E-state index contributed by atoms with van der Waals surface area (Å²) in [4.78, 5) is 12.3. The summed E-state index contributed by atoms with van der Waals surface area (Å²) in [5.74, 6) is -3.51. The molecule has 21 heavy (non-hydrogen) atoms. The zero-order chi connectivity index (χ0) is 15.6. The summed E-state index contributed by atoms with van der Waals surface area (Å²) >= 11 is 11.5. The molecule has 1 unspecified atom stereocenters. The van der Waals surface area contributed by atoms with Gasteiger partial charge < -0.3 is 0 Å². The Hall–Kier alpha value is -1.96. The van der Waals surface area contributed by atoms with Gasteiger partial charge in [-0.1, -0.05) is 29.3 Å². The summed E-state index contributed by atoms with van der Waals surface area (Å²) < 4.78 is 26.8. The van der Waals surface area contributed by atoms with Gasteiger partial charge in [0.05, 0.1) is 11.6 Å². The number of Topliss-reactive ketones (excluding diaryl/α,β-unsaturated/α-hetero) is 1. The van der Waals surface area contributed by atoms with Gasteiger partial charge in [-0.25, -0.2) is 8.78 Å². The average Bonchev–Trinajstić information content (AvgIpc) is 2.41. The Morgan fingerprint density at radius 1 is 1.14 bits per heavy atom. The Labute approximate surface area is 129 Å². The van der Waals surface area contributed by atoms with E-state index in [0.717, 1.165) is 18.2 Å². The number of ketones is 1. The lowest BCUT2D eigenvalue weighted by Gasteiger charge is -2.11. The van der Waals surface area contributed by atoms with Gasteiger partial charge in [0.25, 0.3) is 0 Å². The van der Waals surface area contributed by atoms with E-state index in [-0.39, 0.29) is 21.2 Å². The van der Waals surface area contributed by atoms with Crippen LogP contribution < -0.4 is 0 Å². The molecule has 106 valence electrons. The zero-order valence-corrected chi connectivity index (χ0v) is 11.9. The van der Waals surface area contributed by atoms with Crippen LogP contribution in [0.1, 0.15) is 21.8 Å². The third kappa shape index (κ3) is 3.21. The molecule has 0 N–H and O–H groups in total. The fourth-order valence-corrected chi connectivity index (χ4v) is 2.28. The second-order valence-electron chi connectivity index (χ2n) is 4.22. The largest absolute Gasteiger partial charge is 0.292 e. The first-order valence-electron chi connectivity index (χ1n) is 5.78. The lowest BCUT2D eigenvalue weighted by Crippen LogP contribution is -2.13. The van der Waals surface area contributed by atoms with Crippen molar-refractivity contribution in [3.63, 3.8) is 0 Å². The maximum Gasteiger partial charge on any atom is 0.187 e. The number of nitrogens with zero attached hydrogens (tertiary/aromatic N) is 1. The number of nitriles is 1. The van der Waals surface area contributed by atoms with Crippen molar-refractivity contribution in [2.24, 2.45) is 0 Å². The van der Waals surface area contributed by atoms with Crippen molar-refractivity contribution in [3.8, 4) is 6.07 Å². The van der Waals surface area contributed by atoms with Gasteiger partial charge in [0.2, 0.25) is 0 Å². The molecule has 0 heterocycles. The lowest BCUT2D eigenvalue weighted by molar-refractivity contribution is 0.0975. The first kappa shape index (κ1) is 15.4. The highest BCUT2D eigenvalue weighted by Gasteiger charge is 2.26. The van der Waals surface area contributed by atoms with Crippen LogP contribution in [0.5, 0.6) is 0 Å². The molecule has 0 saturated carbocycles. The highest BCUT2D eigenvalue weighted by molar-refractivity contribution is 6.32. The number of carbonyl (C=O) groups excluding carboxylic acids is 1. The van der Waals surface area contributed by atoms with Gasteiger partial charge in [-0.15, -0.1) is 0 Å². The number of benzene rings is 2. The molecule has 0 aromatic heterocycles. The van der Waals surface area contributed by atoms with Crippen LogP contribution in [-0.2, 0) is 0 Å². The molecule has 0 bridgehead atoms. The number of hydrogen-bond acceptors (Lipinski definition) is 2. The van der Waals surface area contributed by atoms with Gasteiger partial charge >= 0.3 is 0 Å². The van der Waals surface area contributed by atoms with E-state index < -0.39 is 23.3 Å². The highest BCUT2D eigenvalue weighted by Crippen LogP contribution is 2.29. The van der Waals surface area contributed by atoms with Crippen LogP contribution in [0.2, 0.25) is 10.0 Å². The van der Waals surface area contributed by atoms with Gasteiger partial charge in [-0.3, -0.25) is 4.79 Å². The molecule has 6 heteroatoms. The van der Waals surface area contributed by atoms with Crippen LogP contribution in [0.4, 0.5) is 8.78 Å². The second-order valence-corrected chi connectivity index (χ2v) is 5.06. The van der Waals surface area contributed by atoms with E-state index in [1.54, 1.807) is 6.07 Å². The molecule has 2 aromatic carbocycles. The van der Waals surface area contributed by atoms with Crippen molar-refractivity contribution in [3.05, 3.63) is 69.2 Å². The van der Waals surface area contributed by atoms with E-state index in [9.17, 15) is 18.8 Å². The smallest absolute Gasteiger partial charge is 0.187 e. The Morgan fingerprint density at radius 2 is 1.86 bits per heavy atom. The summed E-state index contributed by atoms with van der Waals surface area (Å²) in [7, 11) is 0. The Kier molecular flexibility index (Phi) is 4.56. The van der Waals surface area contributed by atoms with E-state index >= 15 is 0 Å². The third-order valence-corrected chi connectivity index (χ3v) is 3.42. The minimum atomic E-state index is -1.33. The molecule has 2 aromatic rings. The van der Waals surface area contributed by atoms with Crippen LogP contribution in [0.15, 0.2) is 36.4 Å². The summed E-state index contributed by atoms with van der Waals surface area (Å²) in [5.41, 5.74) is -0.147. The van der Waals surface area contributed by atoms with E-state index in [1.165, 1.54) is 18.2 Å². The zero-order valence-electron chi connectivity index (χ0n) is 10.4.